The third-order valence-corrected chi connectivity index (χ3v) is 3.07. The second-order valence-electron chi connectivity index (χ2n) is 4.91. The molecular weight excluding hydrogens is 178 g/mol. The van der Waals surface area contributed by atoms with Gasteiger partial charge in [0.2, 0.25) is 0 Å². The van der Waals surface area contributed by atoms with Crippen LogP contribution in [-0.4, -0.2) is 33.1 Å². The van der Waals surface area contributed by atoms with E-state index in [-0.39, 0.29) is 6.29 Å². The number of hydrogen-bond acceptors (Lipinski definition) is 3. The highest BCUT2D eigenvalue weighted by molar-refractivity contribution is 4.86. The molecule has 1 rings (SSSR count). The van der Waals surface area contributed by atoms with Gasteiger partial charge in [-0.25, -0.2) is 0 Å². The summed E-state index contributed by atoms with van der Waals surface area (Å²) in [5.74, 6) is 0. The summed E-state index contributed by atoms with van der Waals surface area (Å²) in [5.41, 5.74) is 0.507. The maximum atomic E-state index is 5.13. The van der Waals surface area contributed by atoms with E-state index >= 15 is 0 Å². The van der Waals surface area contributed by atoms with Crippen molar-refractivity contribution >= 4 is 0 Å². The smallest absolute Gasteiger partial charge is 0.169 e. The molecule has 0 aromatic rings. The molecule has 1 aliphatic rings. The molecule has 1 N–H and O–H groups in total. The predicted octanol–water partition coefficient (Wildman–Crippen LogP) is 1.77. The normalized spacial score (nSPS) is 25.9. The molecule has 0 aromatic heterocycles. The van der Waals surface area contributed by atoms with Crippen LogP contribution in [0.4, 0.5) is 0 Å². The van der Waals surface area contributed by atoms with Crippen molar-refractivity contribution in [2.45, 2.75) is 45.4 Å². The second kappa shape index (κ2) is 5.10. The largest absolute Gasteiger partial charge is 0.355 e. The minimum absolute atomic E-state index is 0.112. The average molecular weight is 201 g/mol. The summed E-state index contributed by atoms with van der Waals surface area (Å²) in [6.07, 6.45) is 3.73. The van der Waals surface area contributed by atoms with E-state index < -0.39 is 0 Å². The Morgan fingerprint density at radius 2 is 2.00 bits per heavy atom. The number of rotatable bonds is 5. The van der Waals surface area contributed by atoms with E-state index in [0.717, 1.165) is 6.54 Å². The summed E-state index contributed by atoms with van der Waals surface area (Å²) >= 11 is 0. The summed E-state index contributed by atoms with van der Waals surface area (Å²) in [7, 11) is 3.35. The van der Waals surface area contributed by atoms with E-state index in [1.54, 1.807) is 14.2 Å². The maximum absolute atomic E-state index is 5.13. The fourth-order valence-electron chi connectivity index (χ4n) is 2.14. The lowest BCUT2D eigenvalue weighted by Gasteiger charge is -2.20. The third kappa shape index (κ3) is 3.56. The van der Waals surface area contributed by atoms with Crippen LogP contribution in [0.5, 0.6) is 0 Å². The highest BCUT2D eigenvalue weighted by Gasteiger charge is 2.30. The van der Waals surface area contributed by atoms with Gasteiger partial charge >= 0.3 is 0 Å². The molecule has 0 aromatic carbocycles. The molecule has 14 heavy (non-hydrogen) atoms. The van der Waals surface area contributed by atoms with Gasteiger partial charge in [-0.3, -0.25) is 0 Å². The Kier molecular flexibility index (Phi) is 4.35. The van der Waals surface area contributed by atoms with Crippen molar-refractivity contribution in [2.24, 2.45) is 5.41 Å². The van der Waals surface area contributed by atoms with Crippen LogP contribution in [0.3, 0.4) is 0 Å². The summed E-state index contributed by atoms with van der Waals surface area (Å²) in [5, 5.41) is 3.49. The van der Waals surface area contributed by atoms with Crippen LogP contribution in [0.15, 0.2) is 0 Å². The number of methoxy groups -OCH3 is 2. The average Bonchev–Trinajstić information content (AvgIpc) is 2.47. The molecule has 0 aliphatic heterocycles. The van der Waals surface area contributed by atoms with Crippen LogP contribution in [0.2, 0.25) is 0 Å². The lowest BCUT2D eigenvalue weighted by molar-refractivity contribution is -0.0998. The Hall–Kier alpha value is -0.120. The first-order valence-corrected chi connectivity index (χ1v) is 5.36. The molecule has 0 radical (unpaired) electrons. The van der Waals surface area contributed by atoms with Crippen LogP contribution in [0.1, 0.15) is 33.1 Å². The van der Waals surface area contributed by atoms with Gasteiger partial charge in [0, 0.05) is 26.8 Å². The third-order valence-electron chi connectivity index (χ3n) is 3.07. The van der Waals surface area contributed by atoms with Crippen LogP contribution in [0, 0.1) is 5.41 Å². The molecule has 0 spiro atoms. The molecule has 0 amide bonds. The Bertz CT molecular complexity index is 167. The van der Waals surface area contributed by atoms with Crippen molar-refractivity contribution in [3.8, 4) is 0 Å². The molecule has 3 nitrogen and oxygen atoms in total. The highest BCUT2D eigenvalue weighted by Crippen LogP contribution is 2.36. The van der Waals surface area contributed by atoms with Gasteiger partial charge in [-0.05, 0) is 24.7 Å². The van der Waals surface area contributed by atoms with E-state index in [0.29, 0.717) is 11.5 Å². The minimum Gasteiger partial charge on any atom is -0.355 e. The zero-order chi connectivity index (χ0) is 10.6. The zero-order valence-electron chi connectivity index (χ0n) is 9.80. The molecule has 1 aliphatic carbocycles. The van der Waals surface area contributed by atoms with Gasteiger partial charge in [0.1, 0.15) is 0 Å². The van der Waals surface area contributed by atoms with E-state index in [1.165, 1.54) is 19.3 Å². The lowest BCUT2D eigenvalue weighted by Crippen LogP contribution is -2.36. The van der Waals surface area contributed by atoms with Crippen molar-refractivity contribution in [3.05, 3.63) is 0 Å². The fourth-order valence-corrected chi connectivity index (χ4v) is 2.14. The summed E-state index contributed by atoms with van der Waals surface area (Å²) in [4.78, 5) is 0. The van der Waals surface area contributed by atoms with Crippen LogP contribution in [-0.2, 0) is 9.47 Å². The quantitative estimate of drug-likeness (QED) is 0.688. The minimum atomic E-state index is -0.112. The van der Waals surface area contributed by atoms with Gasteiger partial charge in [0.25, 0.3) is 0 Å². The molecule has 84 valence electrons. The summed E-state index contributed by atoms with van der Waals surface area (Å²) < 4.78 is 10.3. The fraction of sp³-hybridized carbons (Fsp3) is 1.00. The van der Waals surface area contributed by atoms with Crippen molar-refractivity contribution < 1.29 is 9.47 Å². The van der Waals surface area contributed by atoms with Crippen molar-refractivity contribution in [3.63, 3.8) is 0 Å². The van der Waals surface area contributed by atoms with Crippen molar-refractivity contribution in [2.75, 3.05) is 20.8 Å². The Labute approximate surface area is 87.2 Å². The molecule has 1 saturated carbocycles. The van der Waals surface area contributed by atoms with E-state index in [1.807, 2.05) is 0 Å². The first-order chi connectivity index (χ1) is 6.57. The van der Waals surface area contributed by atoms with E-state index in [9.17, 15) is 0 Å². The van der Waals surface area contributed by atoms with Gasteiger partial charge in [-0.15, -0.1) is 0 Å². The molecule has 1 fully saturated rings. The van der Waals surface area contributed by atoms with Gasteiger partial charge in [0.15, 0.2) is 6.29 Å². The van der Waals surface area contributed by atoms with Gasteiger partial charge in [0.05, 0.1) is 0 Å². The molecule has 3 heteroatoms. The molecule has 1 atom stereocenters. The molecule has 0 bridgehead atoms. The first kappa shape index (κ1) is 12.0. The highest BCUT2D eigenvalue weighted by atomic mass is 16.7. The Balaban J connectivity index is 2.20. The van der Waals surface area contributed by atoms with Crippen LogP contribution in [0.25, 0.3) is 0 Å². The van der Waals surface area contributed by atoms with E-state index in [2.05, 4.69) is 19.2 Å². The Morgan fingerprint density at radius 3 is 2.43 bits per heavy atom. The van der Waals surface area contributed by atoms with Gasteiger partial charge in [-0.2, -0.15) is 0 Å². The summed E-state index contributed by atoms with van der Waals surface area (Å²) in [6, 6.07) is 0.637. The zero-order valence-corrected chi connectivity index (χ0v) is 9.80. The lowest BCUT2D eigenvalue weighted by atomic mass is 9.92. The SMILES string of the molecule is COC(CNC1CCC(C)(C)C1)OC. The maximum Gasteiger partial charge on any atom is 0.169 e. The van der Waals surface area contributed by atoms with Crippen LogP contribution >= 0.6 is 0 Å². The van der Waals surface area contributed by atoms with Crippen molar-refractivity contribution in [1.82, 2.24) is 5.32 Å². The molecule has 0 saturated heterocycles. The summed E-state index contributed by atoms with van der Waals surface area (Å²) in [6.45, 7) is 5.45. The van der Waals surface area contributed by atoms with Gasteiger partial charge < -0.3 is 14.8 Å². The Morgan fingerprint density at radius 1 is 1.36 bits per heavy atom. The molecule has 1 unspecified atom stereocenters. The molecule has 0 heterocycles. The first-order valence-electron chi connectivity index (χ1n) is 5.36. The number of hydrogen-bond donors (Lipinski definition) is 1. The number of ether oxygens (including phenoxy) is 2. The predicted molar refractivity (Wildman–Crippen MR) is 57.2 cm³/mol. The standard InChI is InChI=1S/C11H23NO2/c1-11(2)6-5-9(7-11)12-8-10(13-3)14-4/h9-10,12H,5-8H2,1-4H3. The molecular formula is C11H23NO2. The number of nitrogens with one attached hydrogen (secondary N) is 1. The topological polar surface area (TPSA) is 30.5 Å². The van der Waals surface area contributed by atoms with Crippen molar-refractivity contribution in [1.29, 1.82) is 0 Å². The second-order valence-corrected chi connectivity index (χ2v) is 4.91. The monoisotopic (exact) mass is 201 g/mol. The van der Waals surface area contributed by atoms with Crippen LogP contribution < -0.4 is 5.32 Å². The van der Waals surface area contributed by atoms with Gasteiger partial charge in [-0.1, -0.05) is 13.8 Å². The van der Waals surface area contributed by atoms with E-state index in [4.69, 9.17) is 9.47 Å².